The van der Waals surface area contributed by atoms with Crippen molar-refractivity contribution in [1.82, 2.24) is 4.98 Å². The number of halogens is 2. The lowest BCUT2D eigenvalue weighted by Gasteiger charge is -2.08. The highest BCUT2D eigenvalue weighted by Gasteiger charge is 2.14. The zero-order chi connectivity index (χ0) is 17.8. The molecule has 0 unspecified atom stereocenters. The summed E-state index contributed by atoms with van der Waals surface area (Å²) in [5.41, 5.74) is 1.83. The Morgan fingerprint density at radius 2 is 1.68 bits per heavy atom. The van der Waals surface area contributed by atoms with E-state index in [0.29, 0.717) is 21.3 Å². The van der Waals surface area contributed by atoms with Gasteiger partial charge < -0.3 is 5.32 Å². The lowest BCUT2D eigenvalue weighted by atomic mass is 10.0. The summed E-state index contributed by atoms with van der Waals surface area (Å²) in [7, 11) is 0. The number of aromatic nitrogens is 1. The van der Waals surface area contributed by atoms with Crippen molar-refractivity contribution in [3.63, 3.8) is 0 Å². The number of ketones is 1. The molecule has 3 aromatic rings. The van der Waals surface area contributed by atoms with Gasteiger partial charge in [0, 0.05) is 27.5 Å². The van der Waals surface area contributed by atoms with Gasteiger partial charge in [-0.25, -0.2) is 4.98 Å². The Bertz CT molecular complexity index is 945. The number of hydrogen-bond acceptors (Lipinski definition) is 3. The number of carbonyl (C=O) groups is 2. The summed E-state index contributed by atoms with van der Waals surface area (Å²) in [4.78, 5) is 28.8. The fraction of sp³-hybridized carbons (Fsp3) is 0. The molecule has 3 rings (SSSR count). The fourth-order valence-corrected chi connectivity index (χ4v) is 2.80. The molecule has 1 aromatic heterocycles. The molecule has 2 aromatic carbocycles. The Labute approximate surface area is 158 Å². The van der Waals surface area contributed by atoms with Gasteiger partial charge in [0.15, 0.2) is 5.78 Å². The van der Waals surface area contributed by atoms with Crippen LogP contribution in [0.1, 0.15) is 26.3 Å². The summed E-state index contributed by atoms with van der Waals surface area (Å²) in [5, 5.41) is 2.85. The first kappa shape index (κ1) is 17.3. The highest BCUT2D eigenvalue weighted by atomic mass is 79.9. The average Bonchev–Trinajstić information content (AvgIpc) is 2.64. The topological polar surface area (TPSA) is 59.1 Å². The van der Waals surface area contributed by atoms with E-state index in [9.17, 15) is 9.59 Å². The molecule has 0 saturated heterocycles. The zero-order valence-electron chi connectivity index (χ0n) is 12.9. The molecular formula is C19H12BrClN2O2. The predicted molar refractivity (Wildman–Crippen MR) is 101 cm³/mol. The van der Waals surface area contributed by atoms with Gasteiger partial charge in [0.05, 0.1) is 5.56 Å². The number of nitrogens with one attached hydrogen (secondary N) is 1. The van der Waals surface area contributed by atoms with E-state index in [1.807, 2.05) is 6.07 Å². The molecule has 0 spiro atoms. The van der Waals surface area contributed by atoms with Gasteiger partial charge in [-0.05, 0) is 34.1 Å². The van der Waals surface area contributed by atoms with Gasteiger partial charge in [-0.2, -0.15) is 0 Å². The standard InChI is InChI=1S/C19H12BrClN2O2/c20-14-10-16(18(21)22-11-14)19(25)23-15-8-4-7-13(9-15)17(24)12-5-2-1-3-6-12/h1-11H,(H,23,25). The second kappa shape index (κ2) is 7.59. The minimum atomic E-state index is -0.400. The number of pyridine rings is 1. The highest BCUT2D eigenvalue weighted by molar-refractivity contribution is 9.10. The third-order valence-corrected chi connectivity index (χ3v) is 4.20. The second-order valence-corrected chi connectivity index (χ2v) is 6.50. The molecule has 0 aliphatic carbocycles. The maximum atomic E-state index is 12.5. The monoisotopic (exact) mass is 414 g/mol. The third-order valence-electron chi connectivity index (χ3n) is 3.47. The molecule has 1 N–H and O–H groups in total. The van der Waals surface area contributed by atoms with Crippen LogP contribution in [0.15, 0.2) is 71.3 Å². The quantitative estimate of drug-likeness (QED) is 0.483. The van der Waals surface area contributed by atoms with Gasteiger partial charge in [-0.1, -0.05) is 54.1 Å². The summed E-state index contributed by atoms with van der Waals surface area (Å²) in [6.07, 6.45) is 1.51. The molecule has 0 radical (unpaired) electrons. The molecular weight excluding hydrogens is 404 g/mol. The van der Waals surface area contributed by atoms with Crippen molar-refractivity contribution < 1.29 is 9.59 Å². The Morgan fingerprint density at radius 3 is 2.44 bits per heavy atom. The van der Waals surface area contributed by atoms with E-state index >= 15 is 0 Å². The van der Waals surface area contributed by atoms with Crippen LogP contribution in [0, 0.1) is 0 Å². The molecule has 0 fully saturated rings. The first-order valence-corrected chi connectivity index (χ1v) is 8.54. The number of anilines is 1. The van der Waals surface area contributed by atoms with Crippen LogP contribution in [0.2, 0.25) is 5.15 Å². The van der Waals surface area contributed by atoms with Gasteiger partial charge in [0.1, 0.15) is 5.15 Å². The van der Waals surface area contributed by atoms with Gasteiger partial charge in [-0.3, -0.25) is 9.59 Å². The summed E-state index contributed by atoms with van der Waals surface area (Å²) in [6.45, 7) is 0. The van der Waals surface area contributed by atoms with Crippen molar-refractivity contribution in [2.75, 3.05) is 5.32 Å². The fourth-order valence-electron chi connectivity index (χ4n) is 2.27. The summed E-state index contributed by atoms with van der Waals surface area (Å²) in [6, 6.07) is 17.3. The molecule has 4 nitrogen and oxygen atoms in total. The minimum Gasteiger partial charge on any atom is -0.322 e. The van der Waals surface area contributed by atoms with Crippen LogP contribution in [0.4, 0.5) is 5.69 Å². The zero-order valence-corrected chi connectivity index (χ0v) is 15.2. The maximum absolute atomic E-state index is 12.5. The number of carbonyl (C=O) groups excluding carboxylic acids is 2. The van der Waals surface area contributed by atoms with Crippen LogP contribution in [0.5, 0.6) is 0 Å². The van der Waals surface area contributed by atoms with E-state index in [2.05, 4.69) is 26.2 Å². The van der Waals surface area contributed by atoms with Crippen LogP contribution < -0.4 is 5.32 Å². The summed E-state index contributed by atoms with van der Waals surface area (Å²) >= 11 is 9.23. The van der Waals surface area contributed by atoms with Gasteiger partial charge in [-0.15, -0.1) is 0 Å². The molecule has 0 atom stereocenters. The van der Waals surface area contributed by atoms with Crippen LogP contribution in [-0.2, 0) is 0 Å². The molecule has 0 aliphatic heterocycles. The van der Waals surface area contributed by atoms with Crippen LogP contribution >= 0.6 is 27.5 Å². The van der Waals surface area contributed by atoms with Crippen molar-refractivity contribution in [3.05, 3.63) is 93.2 Å². The Hall–Kier alpha value is -2.50. The van der Waals surface area contributed by atoms with E-state index in [0.717, 1.165) is 0 Å². The largest absolute Gasteiger partial charge is 0.322 e. The number of hydrogen-bond donors (Lipinski definition) is 1. The molecule has 1 amide bonds. The van der Waals surface area contributed by atoms with E-state index < -0.39 is 5.91 Å². The maximum Gasteiger partial charge on any atom is 0.258 e. The van der Waals surface area contributed by atoms with Crippen LogP contribution in [-0.4, -0.2) is 16.7 Å². The molecule has 1 heterocycles. The lowest BCUT2D eigenvalue weighted by molar-refractivity contribution is 0.102. The van der Waals surface area contributed by atoms with E-state index in [4.69, 9.17) is 11.6 Å². The molecule has 6 heteroatoms. The van der Waals surface area contributed by atoms with E-state index in [1.165, 1.54) is 6.20 Å². The SMILES string of the molecule is O=C(c1ccccc1)c1cccc(NC(=O)c2cc(Br)cnc2Cl)c1. The average molecular weight is 416 g/mol. The first-order chi connectivity index (χ1) is 12.0. The lowest BCUT2D eigenvalue weighted by Crippen LogP contribution is -2.13. The van der Waals surface area contributed by atoms with E-state index in [-0.39, 0.29) is 16.5 Å². The Balaban J connectivity index is 1.83. The molecule has 0 saturated carbocycles. The number of benzene rings is 2. The van der Waals surface area contributed by atoms with Gasteiger partial charge in [0.2, 0.25) is 0 Å². The smallest absolute Gasteiger partial charge is 0.258 e. The molecule has 0 bridgehead atoms. The van der Waals surface area contributed by atoms with Crippen molar-refractivity contribution in [2.24, 2.45) is 0 Å². The number of rotatable bonds is 4. The highest BCUT2D eigenvalue weighted by Crippen LogP contribution is 2.20. The molecule has 0 aliphatic rings. The van der Waals surface area contributed by atoms with Gasteiger partial charge >= 0.3 is 0 Å². The van der Waals surface area contributed by atoms with E-state index in [1.54, 1.807) is 54.6 Å². The normalized spacial score (nSPS) is 10.3. The van der Waals surface area contributed by atoms with Crippen LogP contribution in [0.25, 0.3) is 0 Å². The van der Waals surface area contributed by atoms with Crippen molar-refractivity contribution in [3.8, 4) is 0 Å². The van der Waals surface area contributed by atoms with Crippen molar-refractivity contribution in [2.45, 2.75) is 0 Å². The third kappa shape index (κ3) is 4.13. The molecule has 25 heavy (non-hydrogen) atoms. The molecule has 124 valence electrons. The van der Waals surface area contributed by atoms with Gasteiger partial charge in [0.25, 0.3) is 5.91 Å². The number of nitrogens with zero attached hydrogens (tertiary/aromatic N) is 1. The number of amides is 1. The Morgan fingerprint density at radius 1 is 0.960 bits per heavy atom. The first-order valence-electron chi connectivity index (χ1n) is 7.37. The summed E-state index contributed by atoms with van der Waals surface area (Å²) in [5.74, 6) is -0.512. The predicted octanol–water partition coefficient (Wildman–Crippen LogP) is 4.98. The van der Waals surface area contributed by atoms with Crippen molar-refractivity contribution in [1.29, 1.82) is 0 Å². The Kier molecular flexibility index (Phi) is 5.26. The second-order valence-electron chi connectivity index (χ2n) is 5.22. The van der Waals surface area contributed by atoms with Crippen molar-refractivity contribution >= 4 is 44.9 Å². The summed E-state index contributed by atoms with van der Waals surface area (Å²) < 4.78 is 0.648. The minimum absolute atomic E-state index is 0.109. The van der Waals surface area contributed by atoms with Crippen LogP contribution in [0.3, 0.4) is 0 Å².